The number of carbonyl (C=O) groups is 1. The molecule has 1 aromatic carbocycles. The molecule has 0 fully saturated rings. The highest BCUT2D eigenvalue weighted by atomic mass is 32.1. The van der Waals surface area contributed by atoms with Crippen LogP contribution in [0.3, 0.4) is 0 Å². The van der Waals surface area contributed by atoms with E-state index < -0.39 is 0 Å². The normalized spacial score (nSPS) is 15.2. The van der Waals surface area contributed by atoms with Gasteiger partial charge in [0, 0.05) is 16.9 Å². The van der Waals surface area contributed by atoms with Crippen LogP contribution in [-0.2, 0) is 11.2 Å². The molecule has 1 aromatic heterocycles. The van der Waals surface area contributed by atoms with E-state index in [2.05, 4.69) is 10.5 Å². The van der Waals surface area contributed by atoms with Crippen molar-refractivity contribution in [2.45, 2.75) is 25.9 Å². The van der Waals surface area contributed by atoms with E-state index in [1.54, 1.807) is 17.6 Å². The summed E-state index contributed by atoms with van der Waals surface area (Å²) in [7, 11) is 0. The first-order valence-electron chi connectivity index (χ1n) is 7.33. The predicted octanol–water partition coefficient (Wildman–Crippen LogP) is 2.99. The number of hydrogen-bond donors (Lipinski definition) is 1. The van der Waals surface area contributed by atoms with Crippen LogP contribution >= 0.6 is 11.3 Å². The molecule has 2 aromatic rings. The standard InChI is InChI=1S/C17H18N2O3S/c1-17(2)9-12-5-3-7-14(16(12)22-17)21-11-15(20)19-18-10-13-6-4-8-23-13/h3-8,10H,9,11H2,1-2H3,(H,19,20). The molecule has 0 saturated heterocycles. The zero-order chi connectivity index (χ0) is 16.3. The Balaban J connectivity index is 1.55. The fourth-order valence-corrected chi connectivity index (χ4v) is 2.99. The molecule has 1 aliphatic rings. The fourth-order valence-electron chi connectivity index (χ4n) is 2.41. The van der Waals surface area contributed by atoms with Crippen LogP contribution in [0.5, 0.6) is 11.5 Å². The highest BCUT2D eigenvalue weighted by molar-refractivity contribution is 7.11. The molecule has 0 aliphatic carbocycles. The van der Waals surface area contributed by atoms with Crippen molar-refractivity contribution in [1.82, 2.24) is 5.43 Å². The van der Waals surface area contributed by atoms with Gasteiger partial charge < -0.3 is 9.47 Å². The van der Waals surface area contributed by atoms with Gasteiger partial charge >= 0.3 is 0 Å². The minimum Gasteiger partial charge on any atom is -0.483 e. The number of nitrogens with one attached hydrogen (secondary N) is 1. The topological polar surface area (TPSA) is 59.9 Å². The highest BCUT2D eigenvalue weighted by Gasteiger charge is 2.32. The Kier molecular flexibility index (Phi) is 4.34. The maximum absolute atomic E-state index is 11.8. The van der Waals surface area contributed by atoms with E-state index in [1.165, 1.54) is 0 Å². The van der Waals surface area contributed by atoms with E-state index in [0.29, 0.717) is 5.75 Å². The third-order valence-corrected chi connectivity index (χ3v) is 4.14. The molecule has 3 rings (SSSR count). The number of benzene rings is 1. The van der Waals surface area contributed by atoms with E-state index in [-0.39, 0.29) is 18.1 Å². The number of nitrogens with zero attached hydrogens (tertiary/aromatic N) is 1. The Morgan fingerprint density at radius 3 is 3.09 bits per heavy atom. The lowest BCUT2D eigenvalue weighted by Gasteiger charge is -2.18. The van der Waals surface area contributed by atoms with E-state index in [0.717, 1.165) is 22.6 Å². The summed E-state index contributed by atoms with van der Waals surface area (Å²) in [5.74, 6) is 1.01. The monoisotopic (exact) mass is 330 g/mol. The van der Waals surface area contributed by atoms with Gasteiger partial charge in [-0.15, -0.1) is 11.3 Å². The van der Waals surface area contributed by atoms with Crippen LogP contribution in [-0.4, -0.2) is 24.3 Å². The van der Waals surface area contributed by atoms with Crippen LogP contribution in [0.25, 0.3) is 0 Å². The van der Waals surface area contributed by atoms with Crippen molar-refractivity contribution in [3.63, 3.8) is 0 Å². The average Bonchev–Trinajstić information content (AvgIpc) is 3.10. The molecule has 5 nitrogen and oxygen atoms in total. The highest BCUT2D eigenvalue weighted by Crippen LogP contribution is 2.41. The average molecular weight is 330 g/mol. The summed E-state index contributed by atoms with van der Waals surface area (Å²) in [6.07, 6.45) is 2.44. The van der Waals surface area contributed by atoms with Crippen LogP contribution in [0.2, 0.25) is 0 Å². The molecular weight excluding hydrogens is 312 g/mol. The van der Waals surface area contributed by atoms with E-state index >= 15 is 0 Å². The van der Waals surface area contributed by atoms with Gasteiger partial charge in [0.2, 0.25) is 0 Å². The molecule has 120 valence electrons. The second kappa shape index (κ2) is 6.42. The van der Waals surface area contributed by atoms with Gasteiger partial charge in [-0.25, -0.2) is 5.43 Å². The molecule has 0 saturated carbocycles. The number of hydrazone groups is 1. The molecule has 1 aliphatic heterocycles. The van der Waals surface area contributed by atoms with Crippen molar-refractivity contribution in [1.29, 1.82) is 0 Å². The first kappa shape index (κ1) is 15.6. The van der Waals surface area contributed by atoms with Gasteiger partial charge in [0.25, 0.3) is 5.91 Å². The van der Waals surface area contributed by atoms with Crippen LogP contribution < -0.4 is 14.9 Å². The molecule has 23 heavy (non-hydrogen) atoms. The third kappa shape index (κ3) is 3.90. The molecule has 0 unspecified atom stereocenters. The minimum absolute atomic E-state index is 0.109. The SMILES string of the molecule is CC1(C)Cc2cccc(OCC(=O)NN=Cc3cccs3)c2O1. The van der Waals surface area contributed by atoms with E-state index in [1.807, 2.05) is 49.6 Å². The van der Waals surface area contributed by atoms with Gasteiger partial charge in [-0.2, -0.15) is 5.10 Å². The van der Waals surface area contributed by atoms with Crippen molar-refractivity contribution in [2.75, 3.05) is 6.61 Å². The maximum Gasteiger partial charge on any atom is 0.277 e. The van der Waals surface area contributed by atoms with Crippen molar-refractivity contribution < 1.29 is 14.3 Å². The van der Waals surface area contributed by atoms with Crippen LogP contribution in [0.1, 0.15) is 24.3 Å². The maximum atomic E-state index is 11.8. The smallest absolute Gasteiger partial charge is 0.277 e. The Morgan fingerprint density at radius 2 is 2.30 bits per heavy atom. The van der Waals surface area contributed by atoms with E-state index in [4.69, 9.17) is 9.47 Å². The number of thiophene rings is 1. The number of hydrogen-bond acceptors (Lipinski definition) is 5. The predicted molar refractivity (Wildman–Crippen MR) is 90.4 cm³/mol. The molecule has 0 atom stereocenters. The summed E-state index contributed by atoms with van der Waals surface area (Å²) in [4.78, 5) is 12.8. The van der Waals surface area contributed by atoms with Crippen molar-refractivity contribution in [3.05, 3.63) is 46.2 Å². The summed E-state index contributed by atoms with van der Waals surface area (Å²) >= 11 is 1.55. The third-order valence-electron chi connectivity index (χ3n) is 3.34. The Hall–Kier alpha value is -2.34. The Morgan fingerprint density at radius 1 is 1.43 bits per heavy atom. The van der Waals surface area contributed by atoms with Gasteiger partial charge in [-0.05, 0) is 31.4 Å². The van der Waals surface area contributed by atoms with Crippen LogP contribution in [0.4, 0.5) is 0 Å². The minimum atomic E-state index is -0.312. The molecule has 1 amide bonds. The van der Waals surface area contributed by atoms with Gasteiger partial charge in [0.1, 0.15) is 5.60 Å². The first-order chi connectivity index (χ1) is 11.0. The number of para-hydroxylation sites is 1. The number of ether oxygens (including phenoxy) is 2. The summed E-state index contributed by atoms with van der Waals surface area (Å²) in [6, 6.07) is 9.58. The molecule has 2 heterocycles. The van der Waals surface area contributed by atoms with Crippen molar-refractivity contribution >= 4 is 23.5 Å². The number of amides is 1. The summed E-state index contributed by atoms with van der Waals surface area (Å²) < 4.78 is 11.5. The second-order valence-corrected chi connectivity index (χ2v) is 6.86. The van der Waals surface area contributed by atoms with Gasteiger partial charge in [-0.1, -0.05) is 18.2 Å². The quantitative estimate of drug-likeness (QED) is 0.677. The second-order valence-electron chi connectivity index (χ2n) is 5.88. The molecule has 0 spiro atoms. The van der Waals surface area contributed by atoms with Gasteiger partial charge in [0.05, 0.1) is 6.21 Å². The zero-order valence-electron chi connectivity index (χ0n) is 13.0. The number of fused-ring (bicyclic) bond motifs is 1. The Labute approximate surface area is 138 Å². The molecule has 0 bridgehead atoms. The Bertz CT molecular complexity index is 723. The van der Waals surface area contributed by atoms with Crippen molar-refractivity contribution in [2.24, 2.45) is 5.10 Å². The first-order valence-corrected chi connectivity index (χ1v) is 8.21. The lowest BCUT2D eigenvalue weighted by atomic mass is 10.0. The van der Waals surface area contributed by atoms with Crippen LogP contribution in [0.15, 0.2) is 40.8 Å². The lowest BCUT2D eigenvalue weighted by Crippen LogP contribution is -2.26. The fraction of sp³-hybridized carbons (Fsp3) is 0.294. The number of carbonyl (C=O) groups excluding carboxylic acids is 1. The largest absolute Gasteiger partial charge is 0.483 e. The summed E-state index contributed by atoms with van der Waals surface area (Å²) in [5.41, 5.74) is 3.31. The summed E-state index contributed by atoms with van der Waals surface area (Å²) in [5, 5.41) is 5.84. The van der Waals surface area contributed by atoms with Crippen molar-refractivity contribution in [3.8, 4) is 11.5 Å². The number of rotatable bonds is 5. The van der Waals surface area contributed by atoms with Crippen LogP contribution in [0, 0.1) is 0 Å². The van der Waals surface area contributed by atoms with Gasteiger partial charge in [-0.3, -0.25) is 4.79 Å². The van der Waals surface area contributed by atoms with Gasteiger partial charge in [0.15, 0.2) is 18.1 Å². The van der Waals surface area contributed by atoms with E-state index in [9.17, 15) is 4.79 Å². The zero-order valence-corrected chi connectivity index (χ0v) is 13.9. The molecule has 0 radical (unpaired) electrons. The molecular formula is C17H18N2O3S. The lowest BCUT2D eigenvalue weighted by molar-refractivity contribution is -0.123. The summed E-state index contributed by atoms with van der Waals surface area (Å²) in [6.45, 7) is 3.95. The molecule has 1 N–H and O–H groups in total. The molecule has 6 heteroatoms.